The Morgan fingerprint density at radius 3 is 2.31 bits per heavy atom. The largest absolute Gasteiger partial charge is 0.235 e. The van der Waals surface area contributed by atoms with Crippen LogP contribution in [0.3, 0.4) is 0 Å². The summed E-state index contributed by atoms with van der Waals surface area (Å²) in [5.74, 6) is 0. The van der Waals surface area contributed by atoms with Crippen molar-refractivity contribution in [2.75, 3.05) is 0 Å². The third kappa shape index (κ3) is 3.36. The molecule has 4 heteroatoms. The van der Waals surface area contributed by atoms with Crippen molar-refractivity contribution in [1.82, 2.24) is 0 Å². The van der Waals surface area contributed by atoms with Crippen LogP contribution in [0, 0.1) is 0 Å². The molecule has 1 rings (SSSR count). The Bertz CT molecular complexity index is 358. The molecule has 0 aliphatic carbocycles. The monoisotopic (exact) mass is 218 g/mol. The summed E-state index contributed by atoms with van der Waals surface area (Å²) in [5, 5.41) is -0.531. The quantitative estimate of drug-likeness (QED) is 0.729. The third-order valence-corrected chi connectivity index (χ3v) is 3.89. The van der Waals surface area contributed by atoms with Crippen molar-refractivity contribution in [1.29, 1.82) is 0 Å². The van der Waals surface area contributed by atoms with E-state index in [1.54, 1.807) is 6.92 Å². The highest BCUT2D eigenvalue weighted by Gasteiger charge is 2.17. The van der Waals surface area contributed by atoms with Gasteiger partial charge in [-0.05, 0) is 18.9 Å². The number of halogens is 1. The second kappa shape index (κ2) is 4.11. The van der Waals surface area contributed by atoms with Crippen LogP contribution in [-0.4, -0.2) is 13.7 Å². The van der Waals surface area contributed by atoms with Crippen LogP contribution in [0.5, 0.6) is 0 Å². The number of rotatable bonds is 3. The van der Waals surface area contributed by atoms with Gasteiger partial charge in [-0.15, -0.1) is 0 Å². The van der Waals surface area contributed by atoms with Crippen LogP contribution in [0.25, 0.3) is 0 Å². The summed E-state index contributed by atoms with van der Waals surface area (Å²) in [6.45, 7) is 1.61. The second-order valence-electron chi connectivity index (χ2n) is 2.98. The van der Waals surface area contributed by atoms with Crippen molar-refractivity contribution in [2.24, 2.45) is 0 Å². The van der Waals surface area contributed by atoms with Crippen molar-refractivity contribution in [3.8, 4) is 0 Å². The normalized spacial score (nSPS) is 14.0. The minimum Gasteiger partial charge on any atom is -0.212 e. The SMILES string of the molecule is C[C@@H](Cc1ccccc1)S(=O)(=O)Cl. The molecule has 0 amide bonds. The fraction of sp³-hybridized carbons (Fsp3) is 0.333. The molecule has 72 valence electrons. The molecule has 0 spiro atoms. The van der Waals surface area contributed by atoms with Crippen LogP contribution in [0.1, 0.15) is 12.5 Å². The summed E-state index contributed by atoms with van der Waals surface area (Å²) >= 11 is 0. The molecule has 0 saturated heterocycles. The van der Waals surface area contributed by atoms with E-state index < -0.39 is 14.3 Å². The zero-order valence-corrected chi connectivity index (χ0v) is 8.85. The molecular weight excluding hydrogens is 208 g/mol. The Morgan fingerprint density at radius 1 is 1.31 bits per heavy atom. The molecule has 0 saturated carbocycles. The van der Waals surface area contributed by atoms with E-state index in [1.807, 2.05) is 30.3 Å². The van der Waals surface area contributed by atoms with Gasteiger partial charge in [-0.25, -0.2) is 8.42 Å². The van der Waals surface area contributed by atoms with Crippen molar-refractivity contribution < 1.29 is 8.42 Å². The zero-order valence-electron chi connectivity index (χ0n) is 7.27. The van der Waals surface area contributed by atoms with E-state index in [-0.39, 0.29) is 0 Å². The molecule has 1 aromatic rings. The first-order valence-corrected chi connectivity index (χ1v) is 6.35. The molecule has 13 heavy (non-hydrogen) atoms. The highest BCUT2D eigenvalue weighted by molar-refractivity contribution is 8.14. The highest BCUT2D eigenvalue weighted by Crippen LogP contribution is 2.12. The number of benzene rings is 1. The summed E-state index contributed by atoms with van der Waals surface area (Å²) in [4.78, 5) is 0. The van der Waals surface area contributed by atoms with Gasteiger partial charge in [0, 0.05) is 10.7 Å². The summed E-state index contributed by atoms with van der Waals surface area (Å²) in [7, 11) is 1.78. The maximum Gasteiger partial charge on any atom is 0.235 e. The Labute approximate surface area is 83.0 Å². The highest BCUT2D eigenvalue weighted by atomic mass is 35.7. The van der Waals surface area contributed by atoms with Crippen LogP contribution >= 0.6 is 10.7 Å². The fourth-order valence-electron chi connectivity index (χ4n) is 1.05. The first kappa shape index (κ1) is 10.5. The van der Waals surface area contributed by atoms with E-state index in [9.17, 15) is 8.42 Å². The predicted octanol–water partition coefficient (Wildman–Crippen LogP) is 2.19. The Morgan fingerprint density at radius 2 is 1.85 bits per heavy atom. The first-order valence-electron chi connectivity index (χ1n) is 3.97. The third-order valence-electron chi connectivity index (χ3n) is 1.85. The van der Waals surface area contributed by atoms with Gasteiger partial charge in [0.1, 0.15) is 0 Å². The van der Waals surface area contributed by atoms with Gasteiger partial charge in [0.2, 0.25) is 9.05 Å². The lowest BCUT2D eigenvalue weighted by molar-refractivity contribution is 0.597. The lowest BCUT2D eigenvalue weighted by Crippen LogP contribution is -2.14. The van der Waals surface area contributed by atoms with Gasteiger partial charge in [0.15, 0.2) is 0 Å². The van der Waals surface area contributed by atoms with Crippen LogP contribution in [-0.2, 0) is 15.5 Å². The second-order valence-corrected chi connectivity index (χ2v) is 6.02. The fourth-order valence-corrected chi connectivity index (χ4v) is 1.63. The molecular formula is C9H11ClO2S. The van der Waals surface area contributed by atoms with Gasteiger partial charge in [0.05, 0.1) is 5.25 Å². The first-order chi connectivity index (χ1) is 6.00. The Kier molecular flexibility index (Phi) is 3.33. The smallest absolute Gasteiger partial charge is 0.212 e. The summed E-state index contributed by atoms with van der Waals surface area (Å²) in [6.07, 6.45) is 0.465. The van der Waals surface area contributed by atoms with Gasteiger partial charge >= 0.3 is 0 Å². The van der Waals surface area contributed by atoms with E-state index in [2.05, 4.69) is 0 Å². The minimum atomic E-state index is -3.43. The molecule has 0 unspecified atom stereocenters. The maximum atomic E-state index is 10.9. The Hall–Kier alpha value is -0.540. The molecule has 0 N–H and O–H groups in total. The molecule has 0 heterocycles. The number of hydrogen-bond donors (Lipinski definition) is 0. The lowest BCUT2D eigenvalue weighted by Gasteiger charge is -2.06. The minimum absolute atomic E-state index is 0.465. The average Bonchev–Trinajstić information content (AvgIpc) is 2.04. The molecule has 0 radical (unpaired) electrons. The van der Waals surface area contributed by atoms with Crippen molar-refractivity contribution in [3.63, 3.8) is 0 Å². The average molecular weight is 219 g/mol. The van der Waals surface area contributed by atoms with Gasteiger partial charge in [0.25, 0.3) is 0 Å². The van der Waals surface area contributed by atoms with Crippen LogP contribution in [0.4, 0.5) is 0 Å². The molecule has 0 bridgehead atoms. The zero-order chi connectivity index (χ0) is 9.90. The van der Waals surface area contributed by atoms with Crippen LogP contribution < -0.4 is 0 Å². The molecule has 0 aliphatic rings. The molecule has 0 aliphatic heterocycles. The van der Waals surface area contributed by atoms with E-state index in [0.717, 1.165) is 5.56 Å². The van der Waals surface area contributed by atoms with Gasteiger partial charge < -0.3 is 0 Å². The van der Waals surface area contributed by atoms with Crippen molar-refractivity contribution >= 4 is 19.7 Å². The Balaban J connectivity index is 2.72. The van der Waals surface area contributed by atoms with Gasteiger partial charge in [-0.3, -0.25) is 0 Å². The molecule has 2 nitrogen and oxygen atoms in total. The molecule has 0 aromatic heterocycles. The van der Waals surface area contributed by atoms with E-state index >= 15 is 0 Å². The molecule has 1 aromatic carbocycles. The van der Waals surface area contributed by atoms with Crippen LogP contribution in [0.2, 0.25) is 0 Å². The van der Waals surface area contributed by atoms with E-state index in [1.165, 1.54) is 0 Å². The summed E-state index contributed by atoms with van der Waals surface area (Å²) in [5.41, 5.74) is 0.985. The number of hydrogen-bond acceptors (Lipinski definition) is 2. The molecule has 0 fully saturated rings. The predicted molar refractivity (Wildman–Crippen MR) is 54.4 cm³/mol. The van der Waals surface area contributed by atoms with E-state index in [4.69, 9.17) is 10.7 Å². The standard InChI is InChI=1S/C9H11ClO2S/c1-8(13(10,11)12)7-9-5-3-2-4-6-9/h2-6,8H,7H2,1H3/t8-/m0/s1. The maximum absolute atomic E-state index is 10.9. The van der Waals surface area contributed by atoms with Gasteiger partial charge in [-0.1, -0.05) is 30.3 Å². The van der Waals surface area contributed by atoms with E-state index in [0.29, 0.717) is 6.42 Å². The van der Waals surface area contributed by atoms with Gasteiger partial charge in [-0.2, -0.15) is 0 Å². The van der Waals surface area contributed by atoms with Crippen LogP contribution in [0.15, 0.2) is 30.3 Å². The lowest BCUT2D eigenvalue weighted by atomic mass is 10.1. The molecule has 1 atom stereocenters. The summed E-state index contributed by atoms with van der Waals surface area (Å²) in [6, 6.07) is 9.42. The van der Waals surface area contributed by atoms with Crippen molar-refractivity contribution in [2.45, 2.75) is 18.6 Å². The summed E-state index contributed by atoms with van der Waals surface area (Å²) < 4.78 is 21.8. The topological polar surface area (TPSA) is 34.1 Å². The van der Waals surface area contributed by atoms with Crippen molar-refractivity contribution in [3.05, 3.63) is 35.9 Å².